The van der Waals surface area contributed by atoms with Gasteiger partial charge in [-0.2, -0.15) is 0 Å². The van der Waals surface area contributed by atoms with E-state index in [2.05, 4.69) is 65.6 Å². The largest absolute Gasteiger partial charge is 0.444 e. The van der Waals surface area contributed by atoms with Crippen molar-refractivity contribution in [2.45, 2.75) is 63.5 Å². The second kappa shape index (κ2) is 9.44. The minimum atomic E-state index is -0.461. The van der Waals surface area contributed by atoms with Crippen LogP contribution in [-0.2, 0) is 4.74 Å². The second-order valence-electron chi connectivity index (χ2n) is 10.0. The number of benzene rings is 2. The number of amides is 1. The summed E-state index contributed by atoms with van der Waals surface area (Å²) < 4.78 is 5.70. The van der Waals surface area contributed by atoms with Crippen molar-refractivity contribution < 1.29 is 9.53 Å². The molecule has 2 fully saturated rings. The maximum atomic E-state index is 12.8. The van der Waals surface area contributed by atoms with Gasteiger partial charge < -0.3 is 9.64 Å². The van der Waals surface area contributed by atoms with Gasteiger partial charge in [-0.25, -0.2) is 4.79 Å². The molecule has 0 aliphatic carbocycles. The Hall–Kier alpha value is -2.33. The van der Waals surface area contributed by atoms with Crippen molar-refractivity contribution in [2.75, 3.05) is 26.2 Å². The van der Waals surface area contributed by atoms with Crippen molar-refractivity contribution in [3.63, 3.8) is 0 Å². The molecular weight excluding hydrogens is 384 g/mol. The van der Waals surface area contributed by atoms with E-state index >= 15 is 0 Å². The van der Waals surface area contributed by atoms with E-state index in [1.807, 2.05) is 25.7 Å². The van der Waals surface area contributed by atoms with Gasteiger partial charge in [0.2, 0.25) is 0 Å². The van der Waals surface area contributed by atoms with Crippen molar-refractivity contribution in [1.82, 2.24) is 9.80 Å². The van der Waals surface area contributed by atoms with Gasteiger partial charge in [0.15, 0.2) is 0 Å². The molecule has 2 aliphatic rings. The summed E-state index contributed by atoms with van der Waals surface area (Å²) in [5, 5.41) is 0. The molecule has 4 nitrogen and oxygen atoms in total. The number of likely N-dealkylation sites (tertiary alicyclic amines) is 2. The van der Waals surface area contributed by atoms with E-state index < -0.39 is 5.60 Å². The fourth-order valence-electron chi connectivity index (χ4n) is 5.17. The highest BCUT2D eigenvalue weighted by molar-refractivity contribution is 5.68. The van der Waals surface area contributed by atoms with Crippen molar-refractivity contribution in [3.05, 3.63) is 71.8 Å². The van der Waals surface area contributed by atoms with Crippen LogP contribution in [-0.4, -0.2) is 53.7 Å². The molecule has 0 radical (unpaired) electrons. The highest BCUT2D eigenvalue weighted by atomic mass is 16.6. The molecule has 0 spiro atoms. The van der Waals surface area contributed by atoms with Gasteiger partial charge in [-0.3, -0.25) is 4.90 Å². The van der Waals surface area contributed by atoms with Crippen LogP contribution in [0.2, 0.25) is 0 Å². The standard InChI is InChI=1S/C27H36N2O2/c1-27(2,3)31-26(30)29-19-16-24(23-12-8-5-9-13-23)25(20-29)28-17-14-22(15-18-28)21-10-6-4-7-11-21/h4-13,22,24-25H,14-20H2,1-3H3. The maximum absolute atomic E-state index is 12.8. The maximum Gasteiger partial charge on any atom is 0.410 e. The summed E-state index contributed by atoms with van der Waals surface area (Å²) >= 11 is 0. The molecule has 4 heteroatoms. The first-order valence-corrected chi connectivity index (χ1v) is 11.7. The summed E-state index contributed by atoms with van der Waals surface area (Å²) in [5.41, 5.74) is 2.39. The third-order valence-corrected chi connectivity index (χ3v) is 6.73. The summed E-state index contributed by atoms with van der Waals surface area (Å²) in [5.74, 6) is 1.09. The quantitative estimate of drug-likeness (QED) is 0.642. The van der Waals surface area contributed by atoms with Crippen LogP contribution in [0.1, 0.15) is 63.0 Å². The van der Waals surface area contributed by atoms with Crippen LogP contribution in [0.4, 0.5) is 4.79 Å². The Morgan fingerprint density at radius 1 is 0.839 bits per heavy atom. The van der Waals surface area contributed by atoms with Gasteiger partial charge in [0.25, 0.3) is 0 Å². The third-order valence-electron chi connectivity index (χ3n) is 6.73. The summed E-state index contributed by atoms with van der Waals surface area (Å²) in [6.07, 6.45) is 3.15. The van der Waals surface area contributed by atoms with Crippen LogP contribution in [0.5, 0.6) is 0 Å². The normalized spacial score (nSPS) is 23.5. The predicted molar refractivity (Wildman–Crippen MR) is 125 cm³/mol. The number of hydrogen-bond donors (Lipinski definition) is 0. The molecule has 2 saturated heterocycles. The van der Waals surface area contributed by atoms with E-state index in [4.69, 9.17) is 4.74 Å². The molecule has 2 atom stereocenters. The van der Waals surface area contributed by atoms with Crippen LogP contribution in [0.25, 0.3) is 0 Å². The Morgan fingerprint density at radius 2 is 1.42 bits per heavy atom. The third kappa shape index (κ3) is 5.48. The number of rotatable bonds is 3. The fraction of sp³-hybridized carbons (Fsp3) is 0.519. The Balaban J connectivity index is 1.48. The van der Waals surface area contributed by atoms with Crippen LogP contribution < -0.4 is 0 Å². The zero-order chi connectivity index (χ0) is 21.8. The molecule has 4 rings (SSSR count). The van der Waals surface area contributed by atoms with E-state index in [1.165, 1.54) is 24.0 Å². The number of carbonyl (C=O) groups is 1. The van der Waals surface area contributed by atoms with Gasteiger partial charge in [0.05, 0.1) is 0 Å². The summed E-state index contributed by atoms with van der Waals surface area (Å²) in [6.45, 7) is 9.47. The van der Waals surface area contributed by atoms with Gasteiger partial charge in [0.1, 0.15) is 5.60 Å². The first kappa shape index (κ1) is 21.9. The van der Waals surface area contributed by atoms with Crippen molar-refractivity contribution in [1.29, 1.82) is 0 Å². The molecule has 2 heterocycles. The zero-order valence-electron chi connectivity index (χ0n) is 19.2. The SMILES string of the molecule is CC(C)(C)OC(=O)N1CCC(c2ccccc2)C(N2CCC(c3ccccc3)CC2)C1. The van der Waals surface area contributed by atoms with E-state index in [0.717, 1.165) is 32.6 Å². The Kier molecular flexibility index (Phi) is 6.66. The molecule has 2 unspecified atom stereocenters. The average Bonchev–Trinajstić information content (AvgIpc) is 2.79. The second-order valence-corrected chi connectivity index (χ2v) is 10.0. The van der Waals surface area contributed by atoms with Crippen molar-refractivity contribution in [2.24, 2.45) is 0 Å². The fourth-order valence-corrected chi connectivity index (χ4v) is 5.17. The molecule has 0 saturated carbocycles. The van der Waals surface area contributed by atoms with Crippen LogP contribution >= 0.6 is 0 Å². The predicted octanol–water partition coefficient (Wildman–Crippen LogP) is 5.66. The molecule has 0 aromatic heterocycles. The number of ether oxygens (including phenoxy) is 1. The monoisotopic (exact) mass is 420 g/mol. The molecule has 166 valence electrons. The van der Waals surface area contributed by atoms with Crippen LogP contribution in [0.15, 0.2) is 60.7 Å². The lowest BCUT2D eigenvalue weighted by atomic mass is 9.82. The Morgan fingerprint density at radius 3 is 2.00 bits per heavy atom. The molecule has 1 amide bonds. The molecular formula is C27H36N2O2. The number of hydrogen-bond acceptors (Lipinski definition) is 3. The molecule has 0 bridgehead atoms. The molecule has 2 aromatic carbocycles. The van der Waals surface area contributed by atoms with E-state index in [9.17, 15) is 4.79 Å². The molecule has 2 aromatic rings. The van der Waals surface area contributed by atoms with Gasteiger partial charge in [-0.1, -0.05) is 60.7 Å². The van der Waals surface area contributed by atoms with Gasteiger partial charge >= 0.3 is 6.09 Å². The first-order chi connectivity index (χ1) is 14.9. The number of nitrogens with zero attached hydrogens (tertiary/aromatic N) is 2. The molecule has 31 heavy (non-hydrogen) atoms. The smallest absolute Gasteiger partial charge is 0.410 e. The Bertz CT molecular complexity index is 839. The van der Waals surface area contributed by atoms with Crippen LogP contribution in [0, 0.1) is 0 Å². The minimum absolute atomic E-state index is 0.178. The first-order valence-electron chi connectivity index (χ1n) is 11.7. The topological polar surface area (TPSA) is 32.8 Å². The summed E-state index contributed by atoms with van der Waals surface area (Å²) in [7, 11) is 0. The lowest BCUT2D eigenvalue weighted by Crippen LogP contribution is -2.55. The average molecular weight is 421 g/mol. The number of piperidine rings is 2. The van der Waals surface area contributed by atoms with Crippen molar-refractivity contribution in [3.8, 4) is 0 Å². The molecule has 0 N–H and O–H groups in total. The molecule has 2 aliphatic heterocycles. The van der Waals surface area contributed by atoms with E-state index in [0.29, 0.717) is 17.9 Å². The minimum Gasteiger partial charge on any atom is -0.444 e. The highest BCUT2D eigenvalue weighted by Crippen LogP contribution is 2.36. The Labute approximate surface area is 187 Å². The lowest BCUT2D eigenvalue weighted by molar-refractivity contribution is 0.00416. The van der Waals surface area contributed by atoms with Crippen molar-refractivity contribution >= 4 is 6.09 Å². The van der Waals surface area contributed by atoms with E-state index in [-0.39, 0.29) is 6.09 Å². The lowest BCUT2D eigenvalue weighted by Gasteiger charge is -2.46. The zero-order valence-corrected chi connectivity index (χ0v) is 19.2. The van der Waals surface area contributed by atoms with Crippen LogP contribution in [0.3, 0.4) is 0 Å². The highest BCUT2D eigenvalue weighted by Gasteiger charge is 2.38. The van der Waals surface area contributed by atoms with Gasteiger partial charge in [-0.05, 0) is 70.2 Å². The number of carbonyl (C=O) groups excluding carboxylic acids is 1. The summed E-state index contributed by atoms with van der Waals surface area (Å²) in [6, 6.07) is 22.1. The van der Waals surface area contributed by atoms with Gasteiger partial charge in [-0.15, -0.1) is 0 Å². The van der Waals surface area contributed by atoms with Gasteiger partial charge in [0, 0.05) is 25.0 Å². The summed E-state index contributed by atoms with van der Waals surface area (Å²) in [4.78, 5) is 17.4. The van der Waals surface area contributed by atoms with E-state index in [1.54, 1.807) is 0 Å².